The van der Waals surface area contributed by atoms with Gasteiger partial charge < -0.3 is 5.11 Å². The minimum atomic E-state index is -0.628. The van der Waals surface area contributed by atoms with Crippen molar-refractivity contribution in [3.63, 3.8) is 0 Å². The van der Waals surface area contributed by atoms with Crippen LogP contribution < -0.4 is 0 Å². The van der Waals surface area contributed by atoms with E-state index in [4.69, 9.17) is 11.5 Å². The van der Waals surface area contributed by atoms with E-state index < -0.39 is 6.10 Å². The highest BCUT2D eigenvalue weighted by molar-refractivity contribution is 5.07. The quantitative estimate of drug-likeness (QED) is 0.497. The molecule has 12 heavy (non-hydrogen) atoms. The third-order valence-electron chi connectivity index (χ3n) is 1.49. The standard InChI is InChI=1S/C11H16O/c1-3-5-6-7-8-10-11(12)9-4-2/h2,11-12H,3,5-7,9H2,1H3. The zero-order valence-electron chi connectivity index (χ0n) is 7.64. The van der Waals surface area contributed by atoms with Gasteiger partial charge in [0.05, 0.1) is 0 Å². The lowest BCUT2D eigenvalue weighted by molar-refractivity contribution is 0.239. The van der Waals surface area contributed by atoms with Gasteiger partial charge in [-0.2, -0.15) is 0 Å². The lowest BCUT2D eigenvalue weighted by atomic mass is 10.2. The molecule has 1 heteroatoms. The Hall–Kier alpha value is -0.920. The number of aliphatic hydroxyl groups excluding tert-OH is 1. The van der Waals surface area contributed by atoms with Gasteiger partial charge in [-0.3, -0.25) is 0 Å². The summed E-state index contributed by atoms with van der Waals surface area (Å²) in [5.41, 5.74) is 0. The molecule has 0 aliphatic carbocycles. The lowest BCUT2D eigenvalue weighted by Gasteiger charge is -1.93. The normalized spacial score (nSPS) is 11.1. The monoisotopic (exact) mass is 164 g/mol. The smallest absolute Gasteiger partial charge is 0.125 e. The molecule has 0 radical (unpaired) electrons. The second kappa shape index (κ2) is 8.18. The highest BCUT2D eigenvalue weighted by Crippen LogP contribution is 1.97. The number of hydrogen-bond acceptors (Lipinski definition) is 1. The minimum Gasteiger partial charge on any atom is -0.379 e. The highest BCUT2D eigenvalue weighted by Gasteiger charge is 1.92. The van der Waals surface area contributed by atoms with E-state index >= 15 is 0 Å². The molecular weight excluding hydrogens is 148 g/mol. The summed E-state index contributed by atoms with van der Waals surface area (Å²) in [6, 6.07) is 0. The van der Waals surface area contributed by atoms with Gasteiger partial charge in [-0.15, -0.1) is 18.3 Å². The van der Waals surface area contributed by atoms with Crippen LogP contribution in [0.4, 0.5) is 0 Å². The Kier molecular flexibility index (Phi) is 7.55. The molecule has 0 aliphatic heterocycles. The van der Waals surface area contributed by atoms with E-state index in [1.165, 1.54) is 12.8 Å². The van der Waals surface area contributed by atoms with Gasteiger partial charge in [0.25, 0.3) is 0 Å². The van der Waals surface area contributed by atoms with Gasteiger partial charge in [0.2, 0.25) is 0 Å². The molecule has 1 unspecified atom stereocenters. The summed E-state index contributed by atoms with van der Waals surface area (Å²) in [7, 11) is 0. The van der Waals surface area contributed by atoms with Gasteiger partial charge in [0.15, 0.2) is 0 Å². The Morgan fingerprint density at radius 3 is 2.75 bits per heavy atom. The molecule has 0 aliphatic rings. The zero-order chi connectivity index (χ0) is 9.23. The topological polar surface area (TPSA) is 20.2 Å². The molecule has 0 aromatic heterocycles. The third-order valence-corrected chi connectivity index (χ3v) is 1.49. The summed E-state index contributed by atoms with van der Waals surface area (Å²) in [5, 5.41) is 9.09. The van der Waals surface area contributed by atoms with Crippen molar-refractivity contribution in [3.05, 3.63) is 0 Å². The van der Waals surface area contributed by atoms with E-state index in [9.17, 15) is 0 Å². The van der Waals surface area contributed by atoms with Gasteiger partial charge in [0.1, 0.15) is 6.10 Å². The summed E-state index contributed by atoms with van der Waals surface area (Å²) in [6.07, 6.45) is 9.11. The fourth-order valence-electron chi connectivity index (χ4n) is 0.816. The summed E-state index contributed by atoms with van der Waals surface area (Å²) >= 11 is 0. The summed E-state index contributed by atoms with van der Waals surface area (Å²) < 4.78 is 0. The molecule has 0 aromatic carbocycles. The first-order valence-electron chi connectivity index (χ1n) is 4.41. The van der Waals surface area contributed by atoms with Crippen LogP contribution >= 0.6 is 0 Å². The van der Waals surface area contributed by atoms with Crippen LogP contribution in [0.3, 0.4) is 0 Å². The van der Waals surface area contributed by atoms with E-state index in [0.717, 1.165) is 12.8 Å². The number of hydrogen-bond donors (Lipinski definition) is 1. The molecule has 0 aromatic rings. The third kappa shape index (κ3) is 7.19. The van der Waals surface area contributed by atoms with Gasteiger partial charge in [0, 0.05) is 12.8 Å². The molecule has 0 bridgehead atoms. The van der Waals surface area contributed by atoms with Crippen LogP contribution in [0.2, 0.25) is 0 Å². The van der Waals surface area contributed by atoms with E-state index in [-0.39, 0.29) is 0 Å². The molecule has 0 spiro atoms. The molecule has 0 heterocycles. The lowest BCUT2D eigenvalue weighted by Crippen LogP contribution is -1.99. The molecular formula is C11H16O. The molecule has 1 N–H and O–H groups in total. The van der Waals surface area contributed by atoms with Crippen LogP contribution in [0.15, 0.2) is 0 Å². The molecule has 0 saturated heterocycles. The highest BCUT2D eigenvalue weighted by atomic mass is 16.3. The second-order valence-electron chi connectivity index (χ2n) is 2.70. The average molecular weight is 164 g/mol. The molecule has 0 fully saturated rings. The van der Waals surface area contributed by atoms with Gasteiger partial charge in [-0.25, -0.2) is 0 Å². The van der Waals surface area contributed by atoms with Crippen LogP contribution in [0.1, 0.15) is 39.0 Å². The van der Waals surface area contributed by atoms with Crippen LogP contribution in [0.25, 0.3) is 0 Å². The maximum Gasteiger partial charge on any atom is 0.125 e. The van der Waals surface area contributed by atoms with Crippen LogP contribution in [0, 0.1) is 24.2 Å². The van der Waals surface area contributed by atoms with Crippen molar-refractivity contribution >= 4 is 0 Å². The van der Waals surface area contributed by atoms with Gasteiger partial charge in [-0.05, 0) is 6.42 Å². The van der Waals surface area contributed by atoms with E-state index in [1.807, 2.05) is 0 Å². The van der Waals surface area contributed by atoms with E-state index in [2.05, 4.69) is 24.7 Å². The van der Waals surface area contributed by atoms with Crippen molar-refractivity contribution in [2.45, 2.75) is 45.1 Å². The largest absolute Gasteiger partial charge is 0.379 e. The molecule has 0 rings (SSSR count). The minimum absolute atomic E-state index is 0.334. The molecule has 0 saturated carbocycles. The van der Waals surface area contributed by atoms with Crippen LogP contribution in [-0.4, -0.2) is 11.2 Å². The van der Waals surface area contributed by atoms with Crippen molar-refractivity contribution in [3.8, 4) is 24.2 Å². The molecule has 1 atom stereocenters. The zero-order valence-corrected chi connectivity index (χ0v) is 7.64. The predicted octanol–water partition coefficient (Wildman–Crippen LogP) is 1.95. The first-order valence-corrected chi connectivity index (χ1v) is 4.41. The van der Waals surface area contributed by atoms with Crippen molar-refractivity contribution in [1.82, 2.24) is 0 Å². The maximum absolute atomic E-state index is 9.09. The second-order valence-corrected chi connectivity index (χ2v) is 2.70. The fraction of sp³-hybridized carbons (Fsp3) is 0.636. The first kappa shape index (κ1) is 11.1. The van der Waals surface area contributed by atoms with E-state index in [1.54, 1.807) is 0 Å². The average Bonchev–Trinajstić information content (AvgIpc) is 2.05. The fourth-order valence-corrected chi connectivity index (χ4v) is 0.816. The van der Waals surface area contributed by atoms with Crippen molar-refractivity contribution in [2.75, 3.05) is 0 Å². The molecule has 66 valence electrons. The number of unbranched alkanes of at least 4 members (excludes halogenated alkanes) is 3. The number of terminal acetylenes is 1. The predicted molar refractivity (Wildman–Crippen MR) is 51.4 cm³/mol. The maximum atomic E-state index is 9.09. The Labute approximate surface area is 75.2 Å². The van der Waals surface area contributed by atoms with Crippen LogP contribution in [0.5, 0.6) is 0 Å². The Balaban J connectivity index is 3.39. The Bertz CT molecular complexity index is 189. The summed E-state index contributed by atoms with van der Waals surface area (Å²) in [5.74, 6) is 7.98. The Morgan fingerprint density at radius 2 is 2.17 bits per heavy atom. The molecule has 0 amide bonds. The number of aliphatic hydroxyl groups is 1. The van der Waals surface area contributed by atoms with Crippen molar-refractivity contribution in [2.24, 2.45) is 0 Å². The molecule has 1 nitrogen and oxygen atoms in total. The van der Waals surface area contributed by atoms with Gasteiger partial charge >= 0.3 is 0 Å². The Morgan fingerprint density at radius 1 is 1.42 bits per heavy atom. The van der Waals surface area contributed by atoms with Gasteiger partial charge in [-0.1, -0.05) is 25.7 Å². The summed E-state index contributed by atoms with van der Waals surface area (Å²) in [4.78, 5) is 0. The van der Waals surface area contributed by atoms with Crippen molar-refractivity contribution in [1.29, 1.82) is 0 Å². The summed E-state index contributed by atoms with van der Waals surface area (Å²) in [6.45, 7) is 2.15. The SMILES string of the molecule is C#CCC(O)C#CCCCCC. The van der Waals surface area contributed by atoms with Crippen molar-refractivity contribution < 1.29 is 5.11 Å². The first-order chi connectivity index (χ1) is 5.81. The van der Waals surface area contributed by atoms with E-state index in [0.29, 0.717) is 6.42 Å². The van der Waals surface area contributed by atoms with Crippen LogP contribution in [-0.2, 0) is 0 Å². The number of rotatable bonds is 4.